The Hall–Kier alpha value is -1.55. The Morgan fingerprint density at radius 3 is 3.12 bits per heavy atom. The van der Waals surface area contributed by atoms with E-state index in [9.17, 15) is 0 Å². The van der Waals surface area contributed by atoms with Crippen molar-refractivity contribution < 1.29 is 4.74 Å². The zero-order chi connectivity index (χ0) is 11.5. The molecule has 1 aliphatic heterocycles. The van der Waals surface area contributed by atoms with Gasteiger partial charge in [0.1, 0.15) is 0 Å². The second-order valence-electron chi connectivity index (χ2n) is 4.58. The van der Waals surface area contributed by atoms with Gasteiger partial charge in [-0.05, 0) is 24.8 Å². The average Bonchev–Trinajstić information content (AvgIpc) is 2.86. The van der Waals surface area contributed by atoms with Crippen LogP contribution in [0.1, 0.15) is 12.8 Å². The molecule has 1 aliphatic rings. The Balaban J connectivity index is 1.69. The molecule has 0 aliphatic carbocycles. The first kappa shape index (κ1) is 10.6. The number of ether oxygens (including phenoxy) is 1. The molecule has 0 atom stereocenters. The zero-order valence-corrected chi connectivity index (χ0v) is 9.78. The molecule has 0 unspecified atom stereocenters. The summed E-state index contributed by atoms with van der Waals surface area (Å²) in [4.78, 5) is 0. The quantitative estimate of drug-likeness (QED) is 0.852. The molecule has 90 valence electrons. The molecule has 2 aromatic rings. The van der Waals surface area contributed by atoms with Gasteiger partial charge < -0.3 is 10.1 Å². The van der Waals surface area contributed by atoms with Crippen molar-refractivity contribution in [2.45, 2.75) is 12.8 Å². The number of nitrogens with one attached hydrogen (secondary N) is 2. The molecular formula is C13H17N3O. The summed E-state index contributed by atoms with van der Waals surface area (Å²) < 4.78 is 5.37. The summed E-state index contributed by atoms with van der Waals surface area (Å²) in [6.45, 7) is 2.82. The fourth-order valence-electron chi connectivity index (χ4n) is 2.32. The summed E-state index contributed by atoms with van der Waals surface area (Å²) >= 11 is 0. The van der Waals surface area contributed by atoms with Gasteiger partial charge in [-0.15, -0.1) is 0 Å². The largest absolute Gasteiger partial charge is 0.383 e. The Morgan fingerprint density at radius 2 is 2.24 bits per heavy atom. The second kappa shape index (κ2) is 4.75. The number of H-pyrrole nitrogens is 1. The van der Waals surface area contributed by atoms with E-state index in [4.69, 9.17) is 4.74 Å². The predicted molar refractivity (Wildman–Crippen MR) is 68.1 cm³/mol. The van der Waals surface area contributed by atoms with Crippen LogP contribution in [-0.2, 0) is 4.74 Å². The topological polar surface area (TPSA) is 49.9 Å². The first-order valence-corrected chi connectivity index (χ1v) is 6.17. The monoisotopic (exact) mass is 231 g/mol. The number of anilines is 1. The van der Waals surface area contributed by atoms with Crippen LogP contribution in [0.15, 0.2) is 24.4 Å². The molecule has 0 radical (unpaired) electrons. The van der Waals surface area contributed by atoms with E-state index in [1.807, 2.05) is 6.20 Å². The molecule has 1 fully saturated rings. The molecule has 17 heavy (non-hydrogen) atoms. The van der Waals surface area contributed by atoms with Crippen LogP contribution in [0.3, 0.4) is 0 Å². The lowest BCUT2D eigenvalue weighted by Crippen LogP contribution is -2.22. The fraction of sp³-hybridized carbons (Fsp3) is 0.462. The van der Waals surface area contributed by atoms with Crippen LogP contribution < -0.4 is 5.32 Å². The third kappa shape index (κ3) is 2.26. The van der Waals surface area contributed by atoms with Crippen molar-refractivity contribution in [2.75, 3.05) is 25.1 Å². The van der Waals surface area contributed by atoms with E-state index >= 15 is 0 Å². The minimum atomic E-state index is 0.724. The Labute approximate surface area is 100 Å². The third-order valence-electron chi connectivity index (χ3n) is 3.40. The molecule has 1 saturated heterocycles. The summed E-state index contributed by atoms with van der Waals surface area (Å²) in [6.07, 6.45) is 4.17. The summed E-state index contributed by atoms with van der Waals surface area (Å²) in [7, 11) is 0. The average molecular weight is 231 g/mol. The van der Waals surface area contributed by atoms with E-state index in [-0.39, 0.29) is 0 Å². The molecule has 0 bridgehead atoms. The van der Waals surface area contributed by atoms with Gasteiger partial charge in [0.15, 0.2) is 0 Å². The van der Waals surface area contributed by atoms with E-state index < -0.39 is 0 Å². The maximum Gasteiger partial charge on any atom is 0.0881 e. The molecular weight excluding hydrogens is 214 g/mol. The number of hydrogen-bond acceptors (Lipinski definition) is 3. The number of hydrogen-bond donors (Lipinski definition) is 2. The highest BCUT2D eigenvalue weighted by Gasteiger charge is 2.13. The van der Waals surface area contributed by atoms with Crippen LogP contribution in [-0.4, -0.2) is 30.0 Å². The van der Waals surface area contributed by atoms with Gasteiger partial charge in [0.05, 0.1) is 17.4 Å². The van der Waals surface area contributed by atoms with E-state index in [1.165, 1.54) is 0 Å². The van der Waals surface area contributed by atoms with Crippen molar-refractivity contribution in [1.29, 1.82) is 0 Å². The fourth-order valence-corrected chi connectivity index (χ4v) is 2.32. The Bertz CT molecular complexity index is 488. The molecule has 0 saturated carbocycles. The number of nitrogens with zero attached hydrogens (tertiary/aromatic N) is 1. The normalized spacial score (nSPS) is 17.4. The lowest BCUT2D eigenvalue weighted by molar-refractivity contribution is 0.0699. The van der Waals surface area contributed by atoms with Gasteiger partial charge in [-0.3, -0.25) is 5.10 Å². The Morgan fingerprint density at radius 1 is 1.35 bits per heavy atom. The van der Waals surface area contributed by atoms with Gasteiger partial charge in [0.2, 0.25) is 0 Å². The third-order valence-corrected chi connectivity index (χ3v) is 3.40. The lowest BCUT2D eigenvalue weighted by atomic mass is 10.0. The van der Waals surface area contributed by atoms with Crippen molar-refractivity contribution in [3.63, 3.8) is 0 Å². The molecule has 3 rings (SSSR count). The van der Waals surface area contributed by atoms with Gasteiger partial charge in [0, 0.05) is 25.1 Å². The number of benzene rings is 1. The van der Waals surface area contributed by atoms with E-state index in [2.05, 4.69) is 33.7 Å². The highest BCUT2D eigenvalue weighted by atomic mass is 16.5. The molecule has 2 heterocycles. The summed E-state index contributed by atoms with van der Waals surface area (Å²) in [5.41, 5.74) is 2.24. The minimum Gasteiger partial charge on any atom is -0.383 e. The van der Waals surface area contributed by atoms with Crippen molar-refractivity contribution in [2.24, 2.45) is 5.92 Å². The summed E-state index contributed by atoms with van der Waals surface area (Å²) in [5, 5.41) is 11.8. The number of para-hydroxylation sites is 1. The van der Waals surface area contributed by atoms with Gasteiger partial charge in [-0.1, -0.05) is 12.1 Å². The van der Waals surface area contributed by atoms with Crippen LogP contribution in [0.2, 0.25) is 0 Å². The standard InChI is InChI=1S/C13H17N3O/c1-2-11-9-15-16-13(11)12(3-1)14-8-10-4-6-17-7-5-10/h1-3,9-10,14H,4-8H2,(H,15,16). The SMILES string of the molecule is c1cc(NCC2CCOCC2)c2[nH]ncc2c1. The maximum atomic E-state index is 5.37. The predicted octanol–water partition coefficient (Wildman–Crippen LogP) is 2.40. The molecule has 0 spiro atoms. The molecule has 4 nitrogen and oxygen atoms in total. The molecule has 1 aromatic carbocycles. The van der Waals surface area contributed by atoms with Gasteiger partial charge >= 0.3 is 0 Å². The van der Waals surface area contributed by atoms with Crippen LogP contribution in [0, 0.1) is 5.92 Å². The second-order valence-corrected chi connectivity index (χ2v) is 4.58. The maximum absolute atomic E-state index is 5.37. The van der Waals surface area contributed by atoms with Crippen LogP contribution in [0.5, 0.6) is 0 Å². The highest BCUT2D eigenvalue weighted by molar-refractivity contribution is 5.89. The number of fused-ring (bicyclic) bond motifs is 1. The van der Waals surface area contributed by atoms with E-state index in [0.29, 0.717) is 0 Å². The minimum absolute atomic E-state index is 0.724. The van der Waals surface area contributed by atoms with E-state index in [0.717, 1.165) is 55.1 Å². The first-order valence-electron chi connectivity index (χ1n) is 6.17. The van der Waals surface area contributed by atoms with Crippen LogP contribution >= 0.6 is 0 Å². The molecule has 4 heteroatoms. The number of rotatable bonds is 3. The molecule has 1 aromatic heterocycles. The summed E-state index contributed by atoms with van der Waals surface area (Å²) in [5.74, 6) is 0.724. The van der Waals surface area contributed by atoms with Crippen molar-refractivity contribution in [3.8, 4) is 0 Å². The molecule has 2 N–H and O–H groups in total. The lowest BCUT2D eigenvalue weighted by Gasteiger charge is -2.22. The highest BCUT2D eigenvalue weighted by Crippen LogP contribution is 2.22. The molecule has 0 amide bonds. The van der Waals surface area contributed by atoms with Crippen molar-refractivity contribution in [1.82, 2.24) is 10.2 Å². The van der Waals surface area contributed by atoms with Gasteiger partial charge in [0.25, 0.3) is 0 Å². The first-order chi connectivity index (χ1) is 8.43. The van der Waals surface area contributed by atoms with Gasteiger partial charge in [-0.25, -0.2) is 0 Å². The Kier molecular flexibility index (Phi) is 2.96. The van der Waals surface area contributed by atoms with Crippen LogP contribution in [0.4, 0.5) is 5.69 Å². The van der Waals surface area contributed by atoms with Crippen LogP contribution in [0.25, 0.3) is 10.9 Å². The number of aromatic nitrogens is 2. The van der Waals surface area contributed by atoms with Crippen molar-refractivity contribution >= 4 is 16.6 Å². The van der Waals surface area contributed by atoms with Crippen molar-refractivity contribution in [3.05, 3.63) is 24.4 Å². The zero-order valence-electron chi connectivity index (χ0n) is 9.78. The smallest absolute Gasteiger partial charge is 0.0881 e. The number of aromatic amines is 1. The van der Waals surface area contributed by atoms with E-state index in [1.54, 1.807) is 0 Å². The summed E-state index contributed by atoms with van der Waals surface area (Å²) in [6, 6.07) is 6.22. The van der Waals surface area contributed by atoms with Gasteiger partial charge in [-0.2, -0.15) is 5.10 Å².